The smallest absolute Gasteiger partial charge is 0.224 e. The van der Waals surface area contributed by atoms with Crippen LogP contribution in [0.1, 0.15) is 51.0 Å². The van der Waals surface area contributed by atoms with Gasteiger partial charge in [0, 0.05) is 26.1 Å². The van der Waals surface area contributed by atoms with Crippen LogP contribution in [0.5, 0.6) is 0 Å². The van der Waals surface area contributed by atoms with Crippen molar-refractivity contribution < 1.29 is 14.0 Å². The van der Waals surface area contributed by atoms with Crippen molar-refractivity contribution in [1.29, 1.82) is 0 Å². The second kappa shape index (κ2) is 9.40. The van der Waals surface area contributed by atoms with Crippen molar-refractivity contribution >= 4 is 11.8 Å². The van der Waals surface area contributed by atoms with Crippen molar-refractivity contribution in [3.05, 3.63) is 35.6 Å². The molecule has 0 aromatic heterocycles. The monoisotopic (exact) mass is 334 g/mol. The van der Waals surface area contributed by atoms with Crippen LogP contribution >= 0.6 is 0 Å². The van der Waals surface area contributed by atoms with Gasteiger partial charge >= 0.3 is 0 Å². The van der Waals surface area contributed by atoms with E-state index in [0.29, 0.717) is 18.7 Å². The van der Waals surface area contributed by atoms with Crippen LogP contribution < -0.4 is 5.32 Å². The summed E-state index contributed by atoms with van der Waals surface area (Å²) >= 11 is 0. The number of halogens is 1. The van der Waals surface area contributed by atoms with E-state index >= 15 is 0 Å². The number of rotatable bonds is 6. The normalized spacial score (nSPS) is 15.6. The molecule has 2 rings (SSSR count). The molecule has 1 aliphatic carbocycles. The SMILES string of the molecule is CC(=O)N(CCNC(=O)Cc1ccccc1F)C1CCCCCC1. The summed E-state index contributed by atoms with van der Waals surface area (Å²) in [6.07, 6.45) is 6.91. The Kier molecular flexibility index (Phi) is 7.22. The predicted molar refractivity (Wildman–Crippen MR) is 92.0 cm³/mol. The minimum atomic E-state index is -0.364. The molecule has 0 radical (unpaired) electrons. The maximum atomic E-state index is 13.6. The summed E-state index contributed by atoms with van der Waals surface area (Å²) in [7, 11) is 0. The van der Waals surface area contributed by atoms with Gasteiger partial charge in [0.2, 0.25) is 11.8 Å². The van der Waals surface area contributed by atoms with Crippen LogP contribution in [0.3, 0.4) is 0 Å². The fourth-order valence-electron chi connectivity index (χ4n) is 3.36. The number of hydrogen-bond donors (Lipinski definition) is 1. The van der Waals surface area contributed by atoms with E-state index in [0.717, 1.165) is 25.7 Å². The summed E-state index contributed by atoms with van der Waals surface area (Å²) < 4.78 is 13.6. The number of amides is 2. The second-order valence-corrected chi connectivity index (χ2v) is 6.48. The molecule has 132 valence electrons. The largest absolute Gasteiger partial charge is 0.354 e. The molecule has 1 saturated carbocycles. The average Bonchev–Trinajstić information content (AvgIpc) is 2.82. The summed E-state index contributed by atoms with van der Waals surface area (Å²) in [5.74, 6) is -0.522. The van der Waals surface area contributed by atoms with Crippen molar-refractivity contribution in [2.75, 3.05) is 13.1 Å². The van der Waals surface area contributed by atoms with Crippen LogP contribution in [-0.2, 0) is 16.0 Å². The van der Waals surface area contributed by atoms with Gasteiger partial charge in [0.25, 0.3) is 0 Å². The van der Waals surface area contributed by atoms with Crippen molar-refractivity contribution in [2.24, 2.45) is 0 Å². The van der Waals surface area contributed by atoms with Crippen molar-refractivity contribution in [1.82, 2.24) is 10.2 Å². The summed E-state index contributed by atoms with van der Waals surface area (Å²) in [5, 5.41) is 2.80. The highest BCUT2D eigenvalue weighted by atomic mass is 19.1. The van der Waals surface area contributed by atoms with Gasteiger partial charge in [-0.3, -0.25) is 9.59 Å². The lowest BCUT2D eigenvalue weighted by Crippen LogP contribution is -2.43. The highest BCUT2D eigenvalue weighted by Crippen LogP contribution is 2.21. The van der Waals surface area contributed by atoms with E-state index in [9.17, 15) is 14.0 Å². The number of nitrogens with one attached hydrogen (secondary N) is 1. The van der Waals surface area contributed by atoms with Crippen LogP contribution in [0.2, 0.25) is 0 Å². The molecule has 2 amide bonds. The Hall–Kier alpha value is -1.91. The van der Waals surface area contributed by atoms with E-state index in [4.69, 9.17) is 0 Å². The lowest BCUT2D eigenvalue weighted by atomic mass is 10.1. The molecule has 0 aliphatic heterocycles. The summed E-state index contributed by atoms with van der Waals surface area (Å²) in [5.41, 5.74) is 0.391. The summed E-state index contributed by atoms with van der Waals surface area (Å²) in [6, 6.07) is 6.58. The lowest BCUT2D eigenvalue weighted by molar-refractivity contribution is -0.132. The Morgan fingerprint density at radius 3 is 2.46 bits per heavy atom. The van der Waals surface area contributed by atoms with E-state index in [-0.39, 0.29) is 30.1 Å². The standard InChI is InChI=1S/C19H27FN2O2/c1-15(23)22(17-9-4-2-3-5-10-17)13-12-21-19(24)14-16-8-6-7-11-18(16)20/h6-8,11,17H,2-5,9-10,12-14H2,1H3,(H,21,24). The molecule has 1 fully saturated rings. The third-order valence-electron chi connectivity index (χ3n) is 4.65. The maximum Gasteiger partial charge on any atom is 0.224 e. The predicted octanol–water partition coefficient (Wildman–Crippen LogP) is 3.06. The lowest BCUT2D eigenvalue weighted by Gasteiger charge is -2.30. The molecule has 24 heavy (non-hydrogen) atoms. The highest BCUT2D eigenvalue weighted by Gasteiger charge is 2.22. The zero-order valence-corrected chi connectivity index (χ0v) is 14.4. The van der Waals surface area contributed by atoms with Crippen molar-refractivity contribution in [3.63, 3.8) is 0 Å². The zero-order chi connectivity index (χ0) is 17.4. The zero-order valence-electron chi connectivity index (χ0n) is 14.4. The van der Waals surface area contributed by atoms with Crippen molar-refractivity contribution in [3.8, 4) is 0 Å². The first-order chi connectivity index (χ1) is 11.6. The summed E-state index contributed by atoms with van der Waals surface area (Å²) in [4.78, 5) is 25.8. The average molecular weight is 334 g/mol. The number of carbonyl (C=O) groups is 2. The van der Waals surface area contributed by atoms with Crippen LogP contribution in [0, 0.1) is 5.82 Å². The number of benzene rings is 1. The van der Waals surface area contributed by atoms with Gasteiger partial charge in [-0.2, -0.15) is 0 Å². The Balaban J connectivity index is 1.80. The van der Waals surface area contributed by atoms with E-state index in [1.807, 2.05) is 4.90 Å². The molecule has 1 aromatic carbocycles. The fourth-order valence-corrected chi connectivity index (χ4v) is 3.36. The molecule has 1 aliphatic rings. The minimum absolute atomic E-state index is 0.0240. The first-order valence-corrected chi connectivity index (χ1v) is 8.85. The van der Waals surface area contributed by atoms with E-state index in [2.05, 4.69) is 5.32 Å². The van der Waals surface area contributed by atoms with Crippen LogP contribution in [-0.4, -0.2) is 35.8 Å². The molecule has 0 spiro atoms. The first kappa shape index (κ1) is 18.4. The maximum absolute atomic E-state index is 13.6. The van der Waals surface area contributed by atoms with Crippen molar-refractivity contribution in [2.45, 2.75) is 57.9 Å². The number of nitrogens with zero attached hydrogens (tertiary/aromatic N) is 1. The van der Waals surface area contributed by atoms with E-state index < -0.39 is 0 Å². The van der Waals surface area contributed by atoms with E-state index in [1.54, 1.807) is 25.1 Å². The summed E-state index contributed by atoms with van der Waals surface area (Å²) in [6.45, 7) is 2.51. The van der Waals surface area contributed by atoms with Gasteiger partial charge in [0.15, 0.2) is 0 Å². The van der Waals surface area contributed by atoms with Gasteiger partial charge in [-0.25, -0.2) is 4.39 Å². The Bertz CT molecular complexity index is 554. The Labute approximate surface area is 143 Å². The Morgan fingerprint density at radius 1 is 1.17 bits per heavy atom. The fraction of sp³-hybridized carbons (Fsp3) is 0.579. The molecule has 4 nitrogen and oxygen atoms in total. The molecule has 5 heteroatoms. The van der Waals surface area contributed by atoms with Gasteiger partial charge in [-0.1, -0.05) is 43.9 Å². The van der Waals surface area contributed by atoms with Gasteiger partial charge in [-0.15, -0.1) is 0 Å². The Morgan fingerprint density at radius 2 is 1.83 bits per heavy atom. The molecule has 0 unspecified atom stereocenters. The first-order valence-electron chi connectivity index (χ1n) is 8.85. The van der Waals surface area contributed by atoms with Gasteiger partial charge in [0.05, 0.1) is 6.42 Å². The molecule has 0 heterocycles. The minimum Gasteiger partial charge on any atom is -0.354 e. The van der Waals surface area contributed by atoms with Crippen LogP contribution in [0.4, 0.5) is 4.39 Å². The quantitative estimate of drug-likeness (QED) is 0.813. The van der Waals surface area contributed by atoms with Gasteiger partial charge < -0.3 is 10.2 Å². The molecule has 1 N–H and O–H groups in total. The van der Waals surface area contributed by atoms with Crippen LogP contribution in [0.25, 0.3) is 0 Å². The molecule has 1 aromatic rings. The highest BCUT2D eigenvalue weighted by molar-refractivity contribution is 5.78. The molecular formula is C19H27FN2O2. The topological polar surface area (TPSA) is 49.4 Å². The second-order valence-electron chi connectivity index (χ2n) is 6.48. The van der Waals surface area contributed by atoms with Gasteiger partial charge in [-0.05, 0) is 24.5 Å². The number of hydrogen-bond acceptors (Lipinski definition) is 2. The molecule has 0 atom stereocenters. The molecular weight excluding hydrogens is 307 g/mol. The molecule has 0 saturated heterocycles. The van der Waals surface area contributed by atoms with Crippen LogP contribution in [0.15, 0.2) is 24.3 Å². The number of carbonyl (C=O) groups excluding carboxylic acids is 2. The van der Waals surface area contributed by atoms with Gasteiger partial charge in [0.1, 0.15) is 5.82 Å². The third kappa shape index (κ3) is 5.62. The third-order valence-corrected chi connectivity index (χ3v) is 4.65. The van der Waals surface area contributed by atoms with E-state index in [1.165, 1.54) is 18.9 Å². The molecule has 0 bridgehead atoms.